The van der Waals surface area contributed by atoms with E-state index in [0.29, 0.717) is 11.3 Å². The van der Waals surface area contributed by atoms with Crippen LogP contribution in [0.4, 0.5) is 13.2 Å². The van der Waals surface area contributed by atoms with Crippen LogP contribution in [-0.2, 0) is 28.4 Å². The predicted octanol–water partition coefficient (Wildman–Crippen LogP) is 6.21. The molecule has 0 bridgehead atoms. The summed E-state index contributed by atoms with van der Waals surface area (Å²) in [7, 11) is -5.20. The Morgan fingerprint density at radius 3 is 2.23 bits per heavy atom. The van der Waals surface area contributed by atoms with E-state index in [1.807, 2.05) is 11.4 Å². The maximum Gasteiger partial charge on any atom is 0.497 e. The van der Waals surface area contributed by atoms with E-state index in [4.69, 9.17) is 9.97 Å². The molecule has 0 aliphatic heterocycles. The van der Waals surface area contributed by atoms with E-state index in [9.17, 15) is 21.6 Å². The van der Waals surface area contributed by atoms with Crippen molar-refractivity contribution in [3.8, 4) is 21.8 Å². The van der Waals surface area contributed by atoms with Gasteiger partial charge in [-0.05, 0) is 30.5 Å². The van der Waals surface area contributed by atoms with Gasteiger partial charge in [0.15, 0.2) is 0 Å². The maximum atomic E-state index is 12.6. The minimum Gasteiger partial charge on any atom is -0.257 e. The number of benzene rings is 1. The van der Waals surface area contributed by atoms with Crippen LogP contribution in [0.25, 0.3) is 21.8 Å². The van der Waals surface area contributed by atoms with Crippen LogP contribution in [0.2, 0.25) is 0 Å². The molecule has 0 fully saturated rings. The van der Waals surface area contributed by atoms with Crippen LogP contribution in [0.15, 0.2) is 41.8 Å². The number of sulfone groups is 1. The summed E-state index contributed by atoms with van der Waals surface area (Å²) in [5, 5.41) is 2.71. The fourth-order valence-corrected chi connectivity index (χ4v) is 4.84. The van der Waals surface area contributed by atoms with Gasteiger partial charge in [-0.3, -0.25) is 4.98 Å². The Morgan fingerprint density at radius 2 is 1.61 bits per heavy atom. The smallest absolute Gasteiger partial charge is 0.257 e. The third kappa shape index (κ3) is 5.51. The molecule has 2 heterocycles. The Hall–Kier alpha value is -2.26. The van der Waals surface area contributed by atoms with Crippen LogP contribution in [0.5, 0.6) is 0 Å². The van der Waals surface area contributed by atoms with Crippen molar-refractivity contribution in [1.29, 1.82) is 0 Å². The molecule has 3 aromatic rings. The Morgan fingerprint density at radius 1 is 0.935 bits per heavy atom. The second-order valence-corrected chi connectivity index (χ2v) is 10.1. The van der Waals surface area contributed by atoms with E-state index < -0.39 is 21.1 Å². The van der Waals surface area contributed by atoms with Gasteiger partial charge in [0.2, 0.25) is 0 Å². The van der Waals surface area contributed by atoms with Crippen molar-refractivity contribution < 1.29 is 21.6 Å². The molecule has 9 heteroatoms. The van der Waals surface area contributed by atoms with Crippen molar-refractivity contribution in [2.75, 3.05) is 0 Å². The molecule has 1 aromatic carbocycles. The number of alkyl halides is 3. The highest BCUT2D eigenvalue weighted by Crippen LogP contribution is 2.32. The van der Waals surface area contributed by atoms with Crippen LogP contribution in [0.3, 0.4) is 0 Å². The van der Waals surface area contributed by atoms with Gasteiger partial charge in [0.05, 0.1) is 17.1 Å². The summed E-state index contributed by atoms with van der Waals surface area (Å²) >= 11 is 1.48. The second kappa shape index (κ2) is 9.48. The van der Waals surface area contributed by atoms with Crippen LogP contribution >= 0.6 is 11.3 Å². The van der Waals surface area contributed by atoms with E-state index in [1.54, 1.807) is 12.1 Å². The molecule has 4 nitrogen and oxygen atoms in total. The van der Waals surface area contributed by atoms with Crippen molar-refractivity contribution >= 4 is 21.2 Å². The quantitative estimate of drug-likeness (QED) is 0.394. The number of pyridine rings is 1. The zero-order chi connectivity index (χ0) is 22.6. The lowest BCUT2D eigenvalue weighted by molar-refractivity contribution is -0.0437. The van der Waals surface area contributed by atoms with Gasteiger partial charge < -0.3 is 0 Å². The summed E-state index contributed by atoms with van der Waals surface area (Å²) < 4.78 is 60.4. The molecule has 0 unspecified atom stereocenters. The topological polar surface area (TPSA) is 59.9 Å². The molecule has 0 N–H and O–H groups in total. The van der Waals surface area contributed by atoms with E-state index >= 15 is 0 Å². The second-order valence-electron chi connectivity index (χ2n) is 7.24. The van der Waals surface area contributed by atoms with Crippen LogP contribution < -0.4 is 0 Å². The third-order valence-electron chi connectivity index (χ3n) is 4.72. The van der Waals surface area contributed by atoms with E-state index in [0.717, 1.165) is 47.6 Å². The van der Waals surface area contributed by atoms with Crippen molar-refractivity contribution in [3.63, 3.8) is 0 Å². The van der Waals surface area contributed by atoms with E-state index in [-0.39, 0.29) is 5.56 Å². The van der Waals surface area contributed by atoms with Gasteiger partial charge in [-0.25, -0.2) is 13.4 Å². The summed E-state index contributed by atoms with van der Waals surface area (Å²) in [5.41, 5.74) is -0.707. The molecule has 0 spiro atoms. The summed E-state index contributed by atoms with van der Waals surface area (Å²) in [4.78, 5) is 9.49. The molecule has 0 saturated carbocycles. The summed E-state index contributed by atoms with van der Waals surface area (Å²) in [6, 6.07) is 10.0. The van der Waals surface area contributed by atoms with Gasteiger partial charge in [-0.15, -0.1) is 11.3 Å². The van der Waals surface area contributed by atoms with Gasteiger partial charge in [-0.1, -0.05) is 51.0 Å². The number of halogens is 3. The fourth-order valence-electron chi connectivity index (χ4n) is 3.17. The fraction of sp³-hybridized carbons (Fsp3) is 0.364. The molecule has 0 atom stereocenters. The van der Waals surface area contributed by atoms with Gasteiger partial charge >= 0.3 is 5.51 Å². The highest BCUT2D eigenvalue weighted by molar-refractivity contribution is 7.91. The van der Waals surface area contributed by atoms with Gasteiger partial charge in [0.25, 0.3) is 9.84 Å². The molecule has 0 amide bonds. The highest BCUT2D eigenvalue weighted by Gasteiger charge is 2.45. The SMILES string of the molecule is CCCc1ccc(-c2nc(-c3ccc(CS(=O)(=O)C(F)(F)F)cc3)cs2)c(CCC)n1. The molecule has 2 aromatic heterocycles. The van der Waals surface area contributed by atoms with Crippen LogP contribution in [0, 0.1) is 0 Å². The van der Waals surface area contributed by atoms with Crippen molar-refractivity contribution in [2.45, 2.75) is 50.8 Å². The van der Waals surface area contributed by atoms with E-state index in [1.165, 1.54) is 23.5 Å². The van der Waals surface area contributed by atoms with Gasteiger partial charge in [0, 0.05) is 22.2 Å². The summed E-state index contributed by atoms with van der Waals surface area (Å²) in [5.74, 6) is -1.07. The van der Waals surface area contributed by atoms with Crippen LogP contribution in [-0.4, -0.2) is 23.9 Å². The number of nitrogens with zero attached hydrogens (tertiary/aromatic N) is 2. The highest BCUT2D eigenvalue weighted by atomic mass is 32.2. The Balaban J connectivity index is 1.84. The first-order chi connectivity index (χ1) is 14.6. The molecule has 0 saturated heterocycles. The summed E-state index contributed by atoms with van der Waals surface area (Å²) in [6.45, 7) is 4.22. The molecular formula is C22H23F3N2O2S2. The molecule has 166 valence electrons. The van der Waals surface area contributed by atoms with E-state index in [2.05, 4.69) is 19.9 Å². The Bertz CT molecular complexity index is 1140. The largest absolute Gasteiger partial charge is 0.497 e. The monoisotopic (exact) mass is 468 g/mol. The van der Waals surface area contributed by atoms with Crippen molar-refractivity contribution in [2.24, 2.45) is 0 Å². The molecule has 0 aliphatic carbocycles. The number of aryl methyl sites for hydroxylation is 2. The molecular weight excluding hydrogens is 445 g/mol. The van der Waals surface area contributed by atoms with Crippen LogP contribution in [0.1, 0.15) is 43.6 Å². The average Bonchev–Trinajstić information content (AvgIpc) is 3.18. The molecule has 31 heavy (non-hydrogen) atoms. The number of hydrogen-bond acceptors (Lipinski definition) is 5. The minimum atomic E-state index is -5.26. The zero-order valence-electron chi connectivity index (χ0n) is 17.2. The van der Waals surface area contributed by atoms with Crippen molar-refractivity contribution in [1.82, 2.24) is 9.97 Å². The lowest BCUT2D eigenvalue weighted by Crippen LogP contribution is -2.24. The summed E-state index contributed by atoms with van der Waals surface area (Å²) in [6.07, 6.45) is 3.77. The average molecular weight is 469 g/mol. The number of aromatic nitrogens is 2. The minimum absolute atomic E-state index is 0.0810. The first kappa shape index (κ1) is 23.4. The van der Waals surface area contributed by atoms with Crippen molar-refractivity contribution in [3.05, 3.63) is 58.7 Å². The number of thiazole rings is 1. The molecule has 0 radical (unpaired) electrons. The predicted molar refractivity (Wildman–Crippen MR) is 117 cm³/mol. The molecule has 3 rings (SSSR count). The first-order valence-corrected chi connectivity index (χ1v) is 12.5. The molecule has 0 aliphatic rings. The lowest BCUT2D eigenvalue weighted by atomic mass is 10.1. The standard InChI is InChI=1S/C22H23F3N2O2S2/c1-3-5-17-11-12-18(19(26-17)6-4-2)21-27-20(13-30-21)16-9-7-15(8-10-16)14-31(28,29)22(23,24)25/h7-13H,3-6,14H2,1-2H3. The maximum absolute atomic E-state index is 12.6. The number of rotatable bonds is 8. The third-order valence-corrected chi connectivity index (χ3v) is 7.01. The van der Waals surface area contributed by atoms with Gasteiger partial charge in [0.1, 0.15) is 5.01 Å². The normalized spacial score (nSPS) is 12.3. The first-order valence-electron chi connectivity index (χ1n) is 9.97. The lowest BCUT2D eigenvalue weighted by Gasteiger charge is -2.08. The van der Waals surface area contributed by atoms with Gasteiger partial charge in [-0.2, -0.15) is 13.2 Å². The Kier molecular flexibility index (Phi) is 7.16. The number of hydrogen-bond donors (Lipinski definition) is 0. The zero-order valence-corrected chi connectivity index (χ0v) is 18.9. The Labute approximate surface area is 184 Å².